The molecule has 0 atom stereocenters. The third-order valence-electron chi connectivity index (χ3n) is 6.66. The zero-order valence-corrected chi connectivity index (χ0v) is 19.5. The first kappa shape index (κ1) is 25.4. The Balaban J connectivity index is 0.000000213. The van der Waals surface area contributed by atoms with Crippen LogP contribution < -0.4 is 10.2 Å². The van der Waals surface area contributed by atoms with Crippen molar-refractivity contribution in [1.82, 2.24) is 0 Å². The number of benzene rings is 2. The normalized spacial score (nSPS) is 25.3. The number of carbonyl (C=O) groups excluding carboxylic acids is 2. The molecule has 2 aromatic carbocycles. The standard InChI is InChI=1S/2C13H16O2.Mg/c2*14-13(15)12-8-6-11(7-9-12)10-4-2-1-3-5-10;/h2*1-5,11-12H,6-9H2,(H,14,15);/q;;+2/p-2. The summed E-state index contributed by atoms with van der Waals surface area (Å²) in [5.41, 5.74) is 2.68. The molecular formula is C26H30MgO4. The molecule has 31 heavy (non-hydrogen) atoms. The molecule has 2 fully saturated rings. The van der Waals surface area contributed by atoms with Crippen molar-refractivity contribution < 1.29 is 19.8 Å². The fraction of sp³-hybridized carbons (Fsp3) is 0.462. The number of carboxylic acid groups (broad SMARTS) is 2. The van der Waals surface area contributed by atoms with Gasteiger partial charge in [-0.1, -0.05) is 60.7 Å². The second-order valence-corrected chi connectivity index (χ2v) is 8.56. The molecule has 0 unspecified atom stereocenters. The summed E-state index contributed by atoms with van der Waals surface area (Å²) < 4.78 is 0. The Hall–Kier alpha value is -1.85. The van der Waals surface area contributed by atoms with Crippen molar-refractivity contribution >= 4 is 35.0 Å². The maximum Gasteiger partial charge on any atom is 2.00 e. The Kier molecular flexibility index (Phi) is 10.5. The maximum absolute atomic E-state index is 10.7. The summed E-state index contributed by atoms with van der Waals surface area (Å²) in [7, 11) is 0. The van der Waals surface area contributed by atoms with Gasteiger partial charge in [-0.2, -0.15) is 0 Å². The van der Waals surface area contributed by atoms with E-state index < -0.39 is 11.9 Å². The first-order valence-electron chi connectivity index (χ1n) is 11.1. The van der Waals surface area contributed by atoms with Gasteiger partial charge in [0.1, 0.15) is 0 Å². The van der Waals surface area contributed by atoms with Crippen LogP contribution in [0.1, 0.15) is 74.3 Å². The van der Waals surface area contributed by atoms with E-state index in [0.29, 0.717) is 11.8 Å². The molecule has 0 radical (unpaired) electrons. The molecule has 2 aromatic rings. The average Bonchev–Trinajstić information content (AvgIpc) is 2.81. The van der Waals surface area contributed by atoms with E-state index in [1.165, 1.54) is 11.1 Å². The first-order chi connectivity index (χ1) is 14.5. The van der Waals surface area contributed by atoms with Crippen molar-refractivity contribution in [3.05, 3.63) is 71.8 Å². The van der Waals surface area contributed by atoms with Gasteiger partial charge in [0.2, 0.25) is 0 Å². The van der Waals surface area contributed by atoms with Gasteiger partial charge in [-0.25, -0.2) is 0 Å². The predicted octanol–water partition coefficient (Wildman–Crippen LogP) is 3.04. The molecular weight excluding hydrogens is 401 g/mol. The van der Waals surface area contributed by atoms with Crippen molar-refractivity contribution in [2.75, 3.05) is 0 Å². The molecule has 0 spiro atoms. The zero-order chi connectivity index (χ0) is 21.3. The van der Waals surface area contributed by atoms with Gasteiger partial charge >= 0.3 is 23.1 Å². The van der Waals surface area contributed by atoms with Crippen LogP contribution in [0.2, 0.25) is 0 Å². The summed E-state index contributed by atoms with van der Waals surface area (Å²) in [6.45, 7) is 0. The molecule has 2 saturated carbocycles. The largest absolute Gasteiger partial charge is 2.00 e. The molecule has 0 N–H and O–H groups in total. The van der Waals surface area contributed by atoms with Gasteiger partial charge < -0.3 is 19.8 Å². The second-order valence-electron chi connectivity index (χ2n) is 8.56. The summed E-state index contributed by atoms with van der Waals surface area (Å²) in [4.78, 5) is 21.4. The Labute approximate surface area is 201 Å². The van der Waals surface area contributed by atoms with Crippen molar-refractivity contribution in [3.8, 4) is 0 Å². The number of carboxylic acids is 2. The molecule has 2 aliphatic rings. The monoisotopic (exact) mass is 430 g/mol. The maximum atomic E-state index is 10.7. The molecule has 0 bridgehead atoms. The molecule has 4 rings (SSSR count). The van der Waals surface area contributed by atoms with Gasteiger partial charge in [-0.05, 0) is 86.2 Å². The zero-order valence-electron chi connectivity index (χ0n) is 18.1. The second kappa shape index (κ2) is 12.9. The van der Waals surface area contributed by atoms with Gasteiger partial charge in [0.15, 0.2) is 0 Å². The molecule has 2 aliphatic carbocycles. The molecule has 160 valence electrons. The van der Waals surface area contributed by atoms with Crippen LogP contribution in [0, 0.1) is 11.8 Å². The molecule has 5 heteroatoms. The topological polar surface area (TPSA) is 80.3 Å². The Bertz CT molecular complexity index is 723. The van der Waals surface area contributed by atoms with Crippen LogP contribution in [0.3, 0.4) is 0 Å². The van der Waals surface area contributed by atoms with Gasteiger partial charge in [0, 0.05) is 11.9 Å². The van der Waals surface area contributed by atoms with E-state index in [0.717, 1.165) is 51.4 Å². The van der Waals surface area contributed by atoms with Crippen molar-refractivity contribution in [2.24, 2.45) is 11.8 Å². The third kappa shape index (κ3) is 7.65. The van der Waals surface area contributed by atoms with E-state index in [-0.39, 0.29) is 34.9 Å². The summed E-state index contributed by atoms with van der Waals surface area (Å²) in [6, 6.07) is 20.7. The fourth-order valence-corrected chi connectivity index (χ4v) is 4.78. The molecule has 0 saturated heterocycles. The van der Waals surface area contributed by atoms with Crippen LogP contribution in [0.5, 0.6) is 0 Å². The molecule has 0 heterocycles. The van der Waals surface area contributed by atoms with Crippen LogP contribution in [0.25, 0.3) is 0 Å². The Morgan fingerprint density at radius 2 is 0.839 bits per heavy atom. The number of rotatable bonds is 4. The molecule has 0 aliphatic heterocycles. The molecule has 0 amide bonds. The van der Waals surface area contributed by atoms with E-state index in [2.05, 4.69) is 24.3 Å². The van der Waals surface area contributed by atoms with Crippen LogP contribution in [-0.4, -0.2) is 35.0 Å². The fourth-order valence-electron chi connectivity index (χ4n) is 4.78. The third-order valence-corrected chi connectivity index (χ3v) is 6.66. The summed E-state index contributed by atoms with van der Waals surface area (Å²) in [5.74, 6) is -1.10. The number of aliphatic carboxylic acids is 2. The van der Waals surface area contributed by atoms with Crippen LogP contribution in [0.15, 0.2) is 60.7 Å². The van der Waals surface area contributed by atoms with E-state index in [4.69, 9.17) is 0 Å². The minimum Gasteiger partial charge on any atom is -0.550 e. The summed E-state index contributed by atoms with van der Waals surface area (Å²) >= 11 is 0. The van der Waals surface area contributed by atoms with Gasteiger partial charge in [-0.15, -0.1) is 0 Å². The van der Waals surface area contributed by atoms with Gasteiger partial charge in [-0.3, -0.25) is 0 Å². The van der Waals surface area contributed by atoms with Crippen LogP contribution in [0.4, 0.5) is 0 Å². The van der Waals surface area contributed by atoms with E-state index in [1.54, 1.807) is 0 Å². The Morgan fingerprint density at radius 1 is 0.548 bits per heavy atom. The average molecular weight is 431 g/mol. The summed E-state index contributed by atoms with van der Waals surface area (Å²) in [6.07, 6.45) is 6.96. The van der Waals surface area contributed by atoms with E-state index in [1.807, 2.05) is 36.4 Å². The predicted molar refractivity (Wildman–Crippen MR) is 118 cm³/mol. The Morgan fingerprint density at radius 3 is 1.10 bits per heavy atom. The van der Waals surface area contributed by atoms with Gasteiger partial charge in [0.05, 0.1) is 0 Å². The molecule has 0 aromatic heterocycles. The number of hydrogen-bond donors (Lipinski definition) is 0. The van der Waals surface area contributed by atoms with Crippen LogP contribution in [-0.2, 0) is 9.59 Å². The van der Waals surface area contributed by atoms with Crippen molar-refractivity contribution in [3.63, 3.8) is 0 Å². The van der Waals surface area contributed by atoms with Gasteiger partial charge in [0.25, 0.3) is 0 Å². The SMILES string of the molecule is O=C([O-])C1CCC(c2ccccc2)CC1.O=C([O-])C1CCC(c2ccccc2)CC1.[Mg+2]. The minimum absolute atomic E-state index is 0. The summed E-state index contributed by atoms with van der Waals surface area (Å²) in [5, 5.41) is 21.4. The van der Waals surface area contributed by atoms with Crippen LogP contribution >= 0.6 is 0 Å². The smallest absolute Gasteiger partial charge is 0.550 e. The van der Waals surface area contributed by atoms with E-state index in [9.17, 15) is 19.8 Å². The quantitative estimate of drug-likeness (QED) is 0.698. The molecule has 4 nitrogen and oxygen atoms in total. The number of carbonyl (C=O) groups is 2. The first-order valence-corrected chi connectivity index (χ1v) is 11.1. The van der Waals surface area contributed by atoms with Crippen molar-refractivity contribution in [1.29, 1.82) is 0 Å². The van der Waals surface area contributed by atoms with Crippen molar-refractivity contribution in [2.45, 2.75) is 63.2 Å². The number of hydrogen-bond acceptors (Lipinski definition) is 4. The minimum atomic E-state index is -0.874. The van der Waals surface area contributed by atoms with E-state index >= 15 is 0 Å².